The molecule has 0 radical (unpaired) electrons. The molecule has 92 valence electrons. The first-order valence-electron chi connectivity index (χ1n) is 6.31. The van der Waals surface area contributed by atoms with Crippen LogP contribution in [0.2, 0.25) is 0 Å². The summed E-state index contributed by atoms with van der Waals surface area (Å²) in [6, 6.07) is 13.5. The van der Waals surface area contributed by atoms with Crippen LogP contribution < -0.4 is 0 Å². The lowest BCUT2D eigenvalue weighted by molar-refractivity contribution is 0.476. The Kier molecular flexibility index (Phi) is 1.93. The van der Waals surface area contributed by atoms with Gasteiger partial charge in [-0.25, -0.2) is 0 Å². The molecule has 0 aromatic heterocycles. The number of allylic oxidation sites excluding steroid dienone is 1. The van der Waals surface area contributed by atoms with Gasteiger partial charge in [0.1, 0.15) is 11.5 Å². The molecule has 0 saturated heterocycles. The van der Waals surface area contributed by atoms with Crippen molar-refractivity contribution in [3.05, 3.63) is 59.7 Å². The first-order chi connectivity index (χ1) is 9.24. The first-order valence-corrected chi connectivity index (χ1v) is 6.31. The van der Waals surface area contributed by atoms with Gasteiger partial charge in [0.05, 0.1) is 0 Å². The highest BCUT2D eigenvalue weighted by atomic mass is 16.3. The summed E-state index contributed by atoms with van der Waals surface area (Å²) in [5, 5.41) is 23.9. The van der Waals surface area contributed by atoms with E-state index in [1.54, 1.807) is 12.1 Å². The van der Waals surface area contributed by atoms with Crippen LogP contribution in [0.15, 0.2) is 48.5 Å². The van der Waals surface area contributed by atoms with E-state index in [0.29, 0.717) is 5.76 Å². The summed E-state index contributed by atoms with van der Waals surface area (Å²) in [4.78, 5) is 0. The highest BCUT2D eigenvalue weighted by Gasteiger charge is 2.16. The second-order valence-corrected chi connectivity index (χ2v) is 4.95. The maximum atomic E-state index is 9.82. The minimum absolute atomic E-state index is 0.285. The summed E-state index contributed by atoms with van der Waals surface area (Å²) >= 11 is 0. The standard InChI is InChI=1S/C17H12O2/c18-11-2-4-12-10(9-11)1-3-14-13(12)5-6-16-15(14)7-8-17(16)19/h1-6,8-9,18-19H,7H2. The maximum Gasteiger partial charge on any atom is 0.119 e. The molecule has 0 fully saturated rings. The summed E-state index contributed by atoms with van der Waals surface area (Å²) in [7, 11) is 0. The molecule has 0 aliphatic heterocycles. The number of hydrogen-bond acceptors (Lipinski definition) is 2. The van der Waals surface area contributed by atoms with Gasteiger partial charge in [0, 0.05) is 5.56 Å². The summed E-state index contributed by atoms with van der Waals surface area (Å²) < 4.78 is 0. The SMILES string of the molecule is OC1=CCc2c1ccc1c2ccc2cc(O)ccc21. The Hall–Kier alpha value is -2.48. The number of aliphatic hydroxyl groups is 1. The normalized spacial score (nSPS) is 13.8. The third-order valence-corrected chi connectivity index (χ3v) is 3.89. The fraction of sp³-hybridized carbons (Fsp3) is 0.0588. The van der Waals surface area contributed by atoms with E-state index in [2.05, 4.69) is 6.07 Å². The molecule has 3 aromatic carbocycles. The van der Waals surface area contributed by atoms with Gasteiger partial charge in [-0.3, -0.25) is 0 Å². The van der Waals surface area contributed by atoms with Gasteiger partial charge in [-0.2, -0.15) is 0 Å². The zero-order valence-electron chi connectivity index (χ0n) is 10.2. The Labute approximate surface area is 110 Å². The van der Waals surface area contributed by atoms with Crippen molar-refractivity contribution in [2.75, 3.05) is 0 Å². The molecular formula is C17H12O2. The molecule has 0 amide bonds. The molecule has 19 heavy (non-hydrogen) atoms. The van der Waals surface area contributed by atoms with Crippen LogP contribution in [0.4, 0.5) is 0 Å². The third kappa shape index (κ3) is 1.37. The predicted molar refractivity (Wildman–Crippen MR) is 77.4 cm³/mol. The molecule has 4 rings (SSSR count). The quantitative estimate of drug-likeness (QED) is 0.586. The van der Waals surface area contributed by atoms with E-state index in [-0.39, 0.29) is 5.75 Å². The Morgan fingerprint density at radius 1 is 0.789 bits per heavy atom. The van der Waals surface area contributed by atoms with Crippen LogP contribution in [-0.4, -0.2) is 10.2 Å². The molecule has 0 bridgehead atoms. The van der Waals surface area contributed by atoms with Crippen molar-refractivity contribution in [3.8, 4) is 5.75 Å². The lowest BCUT2D eigenvalue weighted by atomic mass is 9.95. The summed E-state index contributed by atoms with van der Waals surface area (Å²) in [5.41, 5.74) is 2.12. The van der Waals surface area contributed by atoms with E-state index in [1.165, 1.54) is 16.3 Å². The van der Waals surface area contributed by atoms with E-state index in [0.717, 1.165) is 22.8 Å². The van der Waals surface area contributed by atoms with Crippen molar-refractivity contribution in [2.45, 2.75) is 6.42 Å². The number of aromatic hydroxyl groups is 1. The smallest absolute Gasteiger partial charge is 0.119 e. The minimum Gasteiger partial charge on any atom is -0.508 e. The second kappa shape index (κ2) is 3.51. The Morgan fingerprint density at radius 3 is 2.47 bits per heavy atom. The van der Waals surface area contributed by atoms with Crippen molar-refractivity contribution in [1.29, 1.82) is 0 Å². The van der Waals surface area contributed by atoms with Crippen LogP contribution >= 0.6 is 0 Å². The van der Waals surface area contributed by atoms with Gasteiger partial charge in [0.25, 0.3) is 0 Å². The fourth-order valence-electron chi connectivity index (χ4n) is 2.96. The highest BCUT2D eigenvalue weighted by Crippen LogP contribution is 2.35. The molecule has 1 aliphatic carbocycles. The molecule has 0 saturated carbocycles. The van der Waals surface area contributed by atoms with Crippen LogP contribution in [0.5, 0.6) is 5.75 Å². The van der Waals surface area contributed by atoms with Gasteiger partial charge in [0.2, 0.25) is 0 Å². The predicted octanol–water partition coefficient (Wildman–Crippen LogP) is 4.15. The van der Waals surface area contributed by atoms with Crippen LogP contribution in [0.25, 0.3) is 27.3 Å². The van der Waals surface area contributed by atoms with Crippen molar-refractivity contribution in [3.63, 3.8) is 0 Å². The van der Waals surface area contributed by atoms with Gasteiger partial charge in [0.15, 0.2) is 0 Å². The van der Waals surface area contributed by atoms with Gasteiger partial charge >= 0.3 is 0 Å². The minimum atomic E-state index is 0.285. The zero-order valence-corrected chi connectivity index (χ0v) is 10.2. The van der Waals surface area contributed by atoms with E-state index in [1.807, 2.05) is 30.3 Å². The summed E-state index contributed by atoms with van der Waals surface area (Å²) in [6.07, 6.45) is 2.63. The number of rotatable bonds is 0. The van der Waals surface area contributed by atoms with Gasteiger partial charge in [-0.05, 0) is 51.7 Å². The molecule has 0 spiro atoms. The topological polar surface area (TPSA) is 40.5 Å². The largest absolute Gasteiger partial charge is 0.508 e. The number of fused-ring (bicyclic) bond motifs is 5. The van der Waals surface area contributed by atoms with Crippen LogP contribution in [0, 0.1) is 0 Å². The van der Waals surface area contributed by atoms with E-state index in [9.17, 15) is 10.2 Å². The van der Waals surface area contributed by atoms with E-state index < -0.39 is 0 Å². The van der Waals surface area contributed by atoms with Crippen molar-refractivity contribution in [2.24, 2.45) is 0 Å². The molecular weight excluding hydrogens is 236 g/mol. The lowest BCUT2D eigenvalue weighted by Crippen LogP contribution is -1.88. The van der Waals surface area contributed by atoms with Crippen LogP contribution in [0.1, 0.15) is 11.1 Å². The van der Waals surface area contributed by atoms with Crippen LogP contribution in [0.3, 0.4) is 0 Å². The van der Waals surface area contributed by atoms with Gasteiger partial charge < -0.3 is 10.2 Å². The Balaban J connectivity index is 2.14. The molecule has 0 unspecified atom stereocenters. The maximum absolute atomic E-state index is 9.82. The molecule has 0 heterocycles. The molecule has 2 N–H and O–H groups in total. The monoisotopic (exact) mass is 248 g/mol. The Morgan fingerprint density at radius 2 is 1.58 bits per heavy atom. The Bertz CT molecular complexity index is 860. The van der Waals surface area contributed by atoms with E-state index >= 15 is 0 Å². The van der Waals surface area contributed by atoms with Crippen molar-refractivity contribution in [1.82, 2.24) is 0 Å². The molecule has 2 heteroatoms. The first kappa shape index (κ1) is 10.4. The summed E-state index contributed by atoms with van der Waals surface area (Å²) in [6.45, 7) is 0. The zero-order chi connectivity index (χ0) is 13.0. The van der Waals surface area contributed by atoms with Crippen LogP contribution in [-0.2, 0) is 6.42 Å². The molecule has 3 aromatic rings. The fourth-order valence-corrected chi connectivity index (χ4v) is 2.96. The average molecular weight is 248 g/mol. The number of phenols is 1. The molecule has 1 aliphatic rings. The number of phenolic OH excluding ortho intramolecular Hbond substituents is 1. The van der Waals surface area contributed by atoms with Gasteiger partial charge in [-0.15, -0.1) is 0 Å². The van der Waals surface area contributed by atoms with Crippen molar-refractivity contribution >= 4 is 27.3 Å². The number of benzene rings is 3. The highest BCUT2D eigenvalue weighted by molar-refractivity contribution is 6.10. The van der Waals surface area contributed by atoms with E-state index in [4.69, 9.17) is 0 Å². The number of aliphatic hydroxyl groups excluding tert-OH is 1. The van der Waals surface area contributed by atoms with Crippen molar-refractivity contribution < 1.29 is 10.2 Å². The molecule has 2 nitrogen and oxygen atoms in total. The number of hydrogen-bond donors (Lipinski definition) is 2. The lowest BCUT2D eigenvalue weighted by Gasteiger charge is -2.09. The van der Waals surface area contributed by atoms with Gasteiger partial charge in [-0.1, -0.05) is 30.3 Å². The summed E-state index contributed by atoms with van der Waals surface area (Å²) in [5.74, 6) is 0.662. The molecule has 0 atom stereocenters. The average Bonchev–Trinajstić information content (AvgIpc) is 2.80. The third-order valence-electron chi connectivity index (χ3n) is 3.89. The second-order valence-electron chi connectivity index (χ2n) is 4.95.